The molecule has 1 aromatic heterocycles. The summed E-state index contributed by atoms with van der Waals surface area (Å²) in [5.74, 6) is 1.39. The van der Waals surface area contributed by atoms with Crippen molar-refractivity contribution in [3.63, 3.8) is 0 Å². The van der Waals surface area contributed by atoms with Crippen LogP contribution >= 0.6 is 11.8 Å². The maximum absolute atomic E-state index is 12.5. The molecule has 7 heteroatoms. The Bertz CT molecular complexity index is 785. The van der Waals surface area contributed by atoms with E-state index in [4.69, 9.17) is 10.5 Å². The number of primary amides is 1. The Balaban J connectivity index is 1.49. The summed E-state index contributed by atoms with van der Waals surface area (Å²) in [5, 5.41) is 0. The number of hydrogen-bond donors (Lipinski definition) is 1. The van der Waals surface area contributed by atoms with Crippen LogP contribution in [-0.2, 0) is 10.5 Å². The lowest BCUT2D eigenvalue weighted by atomic mass is 10.1. The Kier molecular flexibility index (Phi) is 6.70. The molecule has 1 aromatic carbocycles. The number of thioether (sulfide) groups is 1. The molecule has 1 aliphatic heterocycles. The van der Waals surface area contributed by atoms with Crippen molar-refractivity contribution in [3.05, 3.63) is 59.9 Å². The average molecular weight is 385 g/mol. The summed E-state index contributed by atoms with van der Waals surface area (Å²) in [7, 11) is 0. The van der Waals surface area contributed by atoms with Crippen LogP contribution in [0.25, 0.3) is 0 Å². The Morgan fingerprint density at radius 3 is 2.85 bits per heavy atom. The number of carbonyl (C=O) groups excluding carboxylic acids is 2. The van der Waals surface area contributed by atoms with E-state index in [0.717, 1.165) is 25.1 Å². The number of amides is 2. The van der Waals surface area contributed by atoms with E-state index < -0.39 is 5.91 Å². The summed E-state index contributed by atoms with van der Waals surface area (Å²) < 4.78 is 5.95. The first-order chi connectivity index (χ1) is 13.1. The number of nitrogens with zero attached hydrogens (tertiary/aromatic N) is 2. The first-order valence-electron chi connectivity index (χ1n) is 8.94. The molecule has 1 aliphatic rings. The molecule has 0 bridgehead atoms. The minimum absolute atomic E-state index is 0.0926. The molecule has 2 heterocycles. The number of benzene rings is 1. The van der Waals surface area contributed by atoms with Crippen LogP contribution in [0.3, 0.4) is 0 Å². The maximum atomic E-state index is 12.5. The molecule has 1 unspecified atom stereocenters. The second-order valence-corrected chi connectivity index (χ2v) is 7.43. The molecule has 0 saturated carbocycles. The van der Waals surface area contributed by atoms with E-state index in [2.05, 4.69) is 17.1 Å². The Hall–Kier alpha value is -2.54. The molecule has 0 radical (unpaired) electrons. The zero-order valence-electron chi connectivity index (χ0n) is 15.0. The van der Waals surface area contributed by atoms with Crippen LogP contribution in [0.1, 0.15) is 28.9 Å². The van der Waals surface area contributed by atoms with Crippen LogP contribution in [0, 0.1) is 0 Å². The van der Waals surface area contributed by atoms with Gasteiger partial charge in [0.25, 0.3) is 5.91 Å². The highest BCUT2D eigenvalue weighted by Gasteiger charge is 2.25. The predicted molar refractivity (Wildman–Crippen MR) is 106 cm³/mol. The van der Waals surface area contributed by atoms with E-state index >= 15 is 0 Å². The van der Waals surface area contributed by atoms with Gasteiger partial charge in [-0.15, -0.1) is 11.8 Å². The number of piperidine rings is 1. The lowest BCUT2D eigenvalue weighted by Crippen LogP contribution is -2.45. The molecule has 1 atom stereocenters. The van der Waals surface area contributed by atoms with Gasteiger partial charge in [0.05, 0.1) is 12.3 Å². The second-order valence-electron chi connectivity index (χ2n) is 6.44. The van der Waals surface area contributed by atoms with Gasteiger partial charge in [-0.25, -0.2) is 0 Å². The van der Waals surface area contributed by atoms with Crippen molar-refractivity contribution in [2.75, 3.05) is 18.8 Å². The SMILES string of the molecule is NC(=O)c1cc(OC2CCCN(C(=O)CSCc3ccccc3)C2)ccn1. The molecule has 2 aromatic rings. The van der Waals surface area contributed by atoms with Gasteiger partial charge in [-0.05, 0) is 24.5 Å². The predicted octanol–water partition coefficient (Wildman–Crippen LogP) is 2.48. The van der Waals surface area contributed by atoms with Crippen molar-refractivity contribution in [1.29, 1.82) is 0 Å². The van der Waals surface area contributed by atoms with E-state index in [1.54, 1.807) is 23.9 Å². The zero-order chi connectivity index (χ0) is 19.1. The van der Waals surface area contributed by atoms with Crippen molar-refractivity contribution in [2.24, 2.45) is 5.73 Å². The van der Waals surface area contributed by atoms with Gasteiger partial charge < -0.3 is 15.4 Å². The van der Waals surface area contributed by atoms with Gasteiger partial charge >= 0.3 is 0 Å². The third-order valence-electron chi connectivity index (χ3n) is 4.35. The van der Waals surface area contributed by atoms with Gasteiger partial charge in [-0.3, -0.25) is 14.6 Å². The van der Waals surface area contributed by atoms with Crippen LogP contribution in [0.4, 0.5) is 0 Å². The summed E-state index contributed by atoms with van der Waals surface area (Å²) in [6.45, 7) is 1.31. The molecule has 142 valence electrons. The monoisotopic (exact) mass is 385 g/mol. The van der Waals surface area contributed by atoms with E-state index in [1.165, 1.54) is 11.8 Å². The first-order valence-corrected chi connectivity index (χ1v) is 10.1. The number of carbonyl (C=O) groups is 2. The number of hydrogen-bond acceptors (Lipinski definition) is 5. The van der Waals surface area contributed by atoms with Gasteiger partial charge in [0.1, 0.15) is 17.5 Å². The van der Waals surface area contributed by atoms with E-state index in [-0.39, 0.29) is 17.7 Å². The molecule has 0 aliphatic carbocycles. The fraction of sp³-hybridized carbons (Fsp3) is 0.350. The van der Waals surface area contributed by atoms with Gasteiger partial charge in [0.15, 0.2) is 0 Å². The highest BCUT2D eigenvalue weighted by molar-refractivity contribution is 7.99. The zero-order valence-corrected chi connectivity index (χ0v) is 15.9. The van der Waals surface area contributed by atoms with Gasteiger partial charge in [0.2, 0.25) is 5.91 Å². The molecular weight excluding hydrogens is 362 g/mol. The minimum atomic E-state index is -0.587. The first kappa shape index (κ1) is 19.2. The molecule has 1 fully saturated rings. The quantitative estimate of drug-likeness (QED) is 0.791. The van der Waals surface area contributed by atoms with Crippen molar-refractivity contribution >= 4 is 23.6 Å². The van der Waals surface area contributed by atoms with Gasteiger partial charge in [-0.1, -0.05) is 30.3 Å². The number of pyridine rings is 1. The molecule has 3 rings (SSSR count). The van der Waals surface area contributed by atoms with Crippen molar-refractivity contribution in [2.45, 2.75) is 24.7 Å². The number of nitrogens with two attached hydrogens (primary N) is 1. The summed E-state index contributed by atoms with van der Waals surface area (Å²) in [4.78, 5) is 29.5. The standard InChI is InChI=1S/C20H23N3O3S/c21-20(25)18-11-16(8-9-22-18)26-17-7-4-10-23(12-17)19(24)14-27-13-15-5-2-1-3-6-15/h1-3,5-6,8-9,11,17H,4,7,10,12-14H2,(H2,21,25). The summed E-state index contributed by atoms with van der Waals surface area (Å²) in [6, 6.07) is 13.4. The topological polar surface area (TPSA) is 85.5 Å². The van der Waals surface area contributed by atoms with E-state index in [1.807, 2.05) is 23.1 Å². The van der Waals surface area contributed by atoms with Crippen LogP contribution < -0.4 is 10.5 Å². The van der Waals surface area contributed by atoms with Gasteiger partial charge in [0, 0.05) is 24.6 Å². The molecule has 6 nitrogen and oxygen atoms in total. The number of aromatic nitrogens is 1. The van der Waals surface area contributed by atoms with E-state index in [0.29, 0.717) is 18.0 Å². The number of ether oxygens (including phenoxy) is 1. The summed E-state index contributed by atoms with van der Waals surface area (Å²) in [5.41, 5.74) is 6.65. The Morgan fingerprint density at radius 1 is 1.26 bits per heavy atom. The largest absolute Gasteiger partial charge is 0.488 e. The molecule has 0 spiro atoms. The fourth-order valence-electron chi connectivity index (χ4n) is 2.99. The molecule has 27 heavy (non-hydrogen) atoms. The van der Waals surface area contributed by atoms with Crippen LogP contribution in [0.2, 0.25) is 0 Å². The van der Waals surface area contributed by atoms with Crippen molar-refractivity contribution in [3.8, 4) is 5.75 Å². The third kappa shape index (κ3) is 5.72. The molecule has 1 saturated heterocycles. The molecule has 2 amide bonds. The van der Waals surface area contributed by atoms with Crippen LogP contribution in [0.5, 0.6) is 5.75 Å². The van der Waals surface area contributed by atoms with Crippen LogP contribution in [0.15, 0.2) is 48.7 Å². The minimum Gasteiger partial charge on any atom is -0.488 e. The smallest absolute Gasteiger partial charge is 0.267 e. The average Bonchev–Trinajstić information content (AvgIpc) is 2.69. The number of rotatable bonds is 7. The van der Waals surface area contributed by atoms with Crippen molar-refractivity contribution < 1.29 is 14.3 Å². The highest BCUT2D eigenvalue weighted by atomic mass is 32.2. The lowest BCUT2D eigenvalue weighted by Gasteiger charge is -2.33. The Morgan fingerprint density at radius 2 is 2.07 bits per heavy atom. The highest BCUT2D eigenvalue weighted by Crippen LogP contribution is 2.20. The third-order valence-corrected chi connectivity index (χ3v) is 5.34. The maximum Gasteiger partial charge on any atom is 0.267 e. The summed E-state index contributed by atoms with van der Waals surface area (Å²) >= 11 is 1.63. The normalized spacial score (nSPS) is 16.7. The van der Waals surface area contributed by atoms with Crippen LogP contribution in [-0.4, -0.2) is 46.6 Å². The second kappa shape index (κ2) is 9.41. The van der Waals surface area contributed by atoms with Crippen molar-refractivity contribution in [1.82, 2.24) is 9.88 Å². The lowest BCUT2D eigenvalue weighted by molar-refractivity contribution is -0.130. The molecule has 2 N–H and O–H groups in total. The number of likely N-dealkylation sites (tertiary alicyclic amines) is 1. The van der Waals surface area contributed by atoms with E-state index in [9.17, 15) is 9.59 Å². The van der Waals surface area contributed by atoms with Gasteiger partial charge in [-0.2, -0.15) is 0 Å². The molecular formula is C20H23N3O3S. The summed E-state index contributed by atoms with van der Waals surface area (Å²) in [6.07, 6.45) is 3.18. The Labute approximate surface area is 163 Å². The fourth-order valence-corrected chi connectivity index (χ4v) is 3.88.